The molecule has 0 aliphatic heterocycles. The number of amides is 1. The van der Waals surface area contributed by atoms with Crippen LogP contribution in [0.5, 0.6) is 0 Å². The molecule has 0 radical (unpaired) electrons. The van der Waals surface area contributed by atoms with E-state index in [-0.39, 0.29) is 18.8 Å². The van der Waals surface area contributed by atoms with Gasteiger partial charge in [-0.2, -0.15) is 0 Å². The van der Waals surface area contributed by atoms with Crippen molar-refractivity contribution in [2.45, 2.75) is 13.5 Å². The van der Waals surface area contributed by atoms with Crippen LogP contribution >= 0.6 is 0 Å². The molecule has 0 bridgehead atoms. The molecule has 0 aromatic heterocycles. The lowest BCUT2D eigenvalue weighted by Crippen LogP contribution is -2.24. The van der Waals surface area contributed by atoms with E-state index in [0.717, 1.165) is 5.56 Å². The molecule has 0 unspecified atom stereocenters. The molecule has 130 valence electrons. The third kappa shape index (κ3) is 5.35. The van der Waals surface area contributed by atoms with Gasteiger partial charge in [-0.15, -0.1) is 0 Å². The zero-order valence-corrected chi connectivity index (χ0v) is 13.8. The summed E-state index contributed by atoms with van der Waals surface area (Å²) in [6.45, 7) is 2.11. The topological polar surface area (TPSA) is 107 Å². The van der Waals surface area contributed by atoms with Gasteiger partial charge in [-0.1, -0.05) is 42.5 Å². The lowest BCUT2D eigenvalue weighted by Gasteiger charge is -2.06. The van der Waals surface area contributed by atoms with Gasteiger partial charge in [0.1, 0.15) is 6.61 Å². The van der Waals surface area contributed by atoms with E-state index in [9.17, 15) is 14.9 Å². The summed E-state index contributed by atoms with van der Waals surface area (Å²) in [6, 6.07) is 12.2. The van der Waals surface area contributed by atoms with Gasteiger partial charge in [-0.05, 0) is 18.1 Å². The minimum absolute atomic E-state index is 0.0263. The zero-order chi connectivity index (χ0) is 18.2. The number of nitro benzene ring substituents is 1. The molecule has 0 saturated carbocycles. The Hall–Kier alpha value is -3.35. The van der Waals surface area contributed by atoms with E-state index in [1.54, 1.807) is 19.1 Å². The minimum atomic E-state index is -0.545. The van der Waals surface area contributed by atoms with Gasteiger partial charge in [-0.3, -0.25) is 10.1 Å². The molecule has 0 heterocycles. The summed E-state index contributed by atoms with van der Waals surface area (Å²) in [7, 11) is 0. The molecule has 0 aliphatic rings. The number of hydrogen-bond donors (Lipinski definition) is 2. The maximum Gasteiger partial charge on any atom is 0.407 e. The number of non-ortho nitro benzene ring substituents is 1. The first-order valence-electron chi connectivity index (χ1n) is 7.63. The predicted octanol–water partition coefficient (Wildman–Crippen LogP) is 3.43. The summed E-state index contributed by atoms with van der Waals surface area (Å²) >= 11 is 0. The Morgan fingerprint density at radius 2 is 2.04 bits per heavy atom. The average molecular weight is 341 g/mol. The van der Waals surface area contributed by atoms with Crippen LogP contribution in [-0.4, -0.2) is 17.6 Å². The molecule has 25 heavy (non-hydrogen) atoms. The highest BCUT2D eigenvalue weighted by atomic mass is 16.6. The number of anilines is 1. The molecule has 0 aliphatic carbocycles. The second-order valence-corrected chi connectivity index (χ2v) is 5.37. The summed E-state index contributed by atoms with van der Waals surface area (Å²) in [5, 5.41) is 13.5. The molecule has 0 fully saturated rings. The highest BCUT2D eigenvalue weighted by molar-refractivity contribution is 5.71. The van der Waals surface area contributed by atoms with Crippen molar-refractivity contribution in [1.82, 2.24) is 5.32 Å². The molecule has 1 amide bonds. The van der Waals surface area contributed by atoms with Gasteiger partial charge in [0.25, 0.3) is 5.69 Å². The van der Waals surface area contributed by atoms with E-state index in [4.69, 9.17) is 10.5 Å². The number of rotatable bonds is 6. The first-order valence-corrected chi connectivity index (χ1v) is 7.63. The fourth-order valence-electron chi connectivity index (χ4n) is 2.15. The maximum absolute atomic E-state index is 11.6. The summed E-state index contributed by atoms with van der Waals surface area (Å²) in [6.07, 6.45) is 2.74. The standard InChI is InChI=1S/C18H19N3O4/c1-13-10-16(21(23)24)11-15(17(13)19)8-5-9-20-18(22)25-12-14-6-3-2-4-7-14/h2-8,10-11H,9,12,19H2,1H3,(H,20,22). The first kappa shape index (κ1) is 18.0. The number of nitrogens with two attached hydrogens (primary N) is 1. The summed E-state index contributed by atoms with van der Waals surface area (Å²) in [5.41, 5.74) is 8.42. The molecule has 0 saturated heterocycles. The van der Waals surface area contributed by atoms with E-state index in [1.165, 1.54) is 12.1 Å². The smallest absolute Gasteiger partial charge is 0.407 e. The predicted molar refractivity (Wildman–Crippen MR) is 95.9 cm³/mol. The molecule has 7 nitrogen and oxygen atoms in total. The average Bonchev–Trinajstić information content (AvgIpc) is 2.60. The Balaban J connectivity index is 1.86. The van der Waals surface area contributed by atoms with Crippen molar-refractivity contribution < 1.29 is 14.5 Å². The Labute approximate surface area is 145 Å². The van der Waals surface area contributed by atoms with Crippen molar-refractivity contribution in [1.29, 1.82) is 0 Å². The zero-order valence-electron chi connectivity index (χ0n) is 13.8. The summed E-state index contributed by atoms with van der Waals surface area (Å²) in [5.74, 6) is 0. The highest BCUT2D eigenvalue weighted by Gasteiger charge is 2.10. The van der Waals surface area contributed by atoms with Crippen LogP contribution in [-0.2, 0) is 11.3 Å². The number of nitrogens with zero attached hydrogens (tertiary/aromatic N) is 1. The number of nitrogen functional groups attached to an aromatic ring is 1. The Kier molecular flexibility index (Phi) is 6.11. The summed E-state index contributed by atoms with van der Waals surface area (Å²) in [4.78, 5) is 22.0. The van der Waals surface area contributed by atoms with Crippen LogP contribution in [0.4, 0.5) is 16.2 Å². The fraction of sp³-hybridized carbons (Fsp3) is 0.167. The molecular formula is C18H19N3O4. The third-order valence-corrected chi connectivity index (χ3v) is 3.49. The van der Waals surface area contributed by atoms with Crippen LogP contribution < -0.4 is 11.1 Å². The minimum Gasteiger partial charge on any atom is -0.445 e. The van der Waals surface area contributed by atoms with E-state index in [0.29, 0.717) is 16.8 Å². The quantitative estimate of drug-likeness (QED) is 0.475. The molecular weight excluding hydrogens is 322 g/mol. The number of carbonyl (C=O) groups is 1. The number of ether oxygens (including phenoxy) is 1. The van der Waals surface area contributed by atoms with Crippen LogP contribution in [0.15, 0.2) is 48.5 Å². The van der Waals surface area contributed by atoms with Gasteiger partial charge >= 0.3 is 6.09 Å². The SMILES string of the molecule is Cc1cc([N+](=O)[O-])cc(C=CCNC(=O)OCc2ccccc2)c1N. The van der Waals surface area contributed by atoms with E-state index in [2.05, 4.69) is 5.32 Å². The number of benzene rings is 2. The molecule has 2 rings (SSSR count). The van der Waals surface area contributed by atoms with Gasteiger partial charge in [-0.25, -0.2) is 4.79 Å². The third-order valence-electron chi connectivity index (χ3n) is 3.49. The Morgan fingerprint density at radius 3 is 2.72 bits per heavy atom. The largest absolute Gasteiger partial charge is 0.445 e. The fourth-order valence-corrected chi connectivity index (χ4v) is 2.15. The van der Waals surface area contributed by atoms with Crippen molar-refractivity contribution in [3.05, 3.63) is 75.3 Å². The maximum atomic E-state index is 11.6. The van der Waals surface area contributed by atoms with Gasteiger partial charge < -0.3 is 15.8 Å². The number of alkyl carbamates (subject to hydrolysis) is 1. The van der Waals surface area contributed by atoms with Crippen molar-refractivity contribution in [2.75, 3.05) is 12.3 Å². The second-order valence-electron chi connectivity index (χ2n) is 5.37. The van der Waals surface area contributed by atoms with Crippen LogP contribution in [0.3, 0.4) is 0 Å². The van der Waals surface area contributed by atoms with Crippen LogP contribution in [0.25, 0.3) is 6.08 Å². The molecule has 7 heteroatoms. The monoisotopic (exact) mass is 341 g/mol. The van der Waals surface area contributed by atoms with Crippen molar-refractivity contribution in [3.8, 4) is 0 Å². The van der Waals surface area contributed by atoms with E-state index in [1.807, 2.05) is 30.3 Å². The molecule has 2 aromatic carbocycles. The number of nitrogens with one attached hydrogen (secondary N) is 1. The van der Waals surface area contributed by atoms with Crippen molar-refractivity contribution in [3.63, 3.8) is 0 Å². The first-order chi connectivity index (χ1) is 12.0. The van der Waals surface area contributed by atoms with Crippen LogP contribution in [0.2, 0.25) is 0 Å². The highest BCUT2D eigenvalue weighted by Crippen LogP contribution is 2.25. The summed E-state index contributed by atoms with van der Waals surface area (Å²) < 4.78 is 5.08. The van der Waals surface area contributed by atoms with Crippen LogP contribution in [0, 0.1) is 17.0 Å². The van der Waals surface area contributed by atoms with Crippen molar-refractivity contribution >= 4 is 23.5 Å². The Morgan fingerprint density at radius 1 is 1.32 bits per heavy atom. The van der Waals surface area contributed by atoms with Gasteiger partial charge in [0.05, 0.1) is 4.92 Å². The lowest BCUT2D eigenvalue weighted by atomic mass is 10.1. The van der Waals surface area contributed by atoms with Crippen molar-refractivity contribution in [2.24, 2.45) is 0 Å². The van der Waals surface area contributed by atoms with Gasteiger partial charge in [0, 0.05) is 29.9 Å². The number of hydrogen-bond acceptors (Lipinski definition) is 5. The molecule has 2 aromatic rings. The Bertz CT molecular complexity index is 788. The van der Waals surface area contributed by atoms with E-state index < -0.39 is 11.0 Å². The number of aryl methyl sites for hydroxylation is 1. The molecule has 3 N–H and O–H groups in total. The second kappa shape index (κ2) is 8.49. The van der Waals surface area contributed by atoms with E-state index >= 15 is 0 Å². The molecule has 0 atom stereocenters. The number of carbonyl (C=O) groups excluding carboxylic acids is 1. The van der Waals surface area contributed by atoms with Gasteiger partial charge in [0.15, 0.2) is 0 Å². The lowest BCUT2D eigenvalue weighted by molar-refractivity contribution is -0.384. The van der Waals surface area contributed by atoms with Crippen LogP contribution in [0.1, 0.15) is 16.7 Å². The normalized spacial score (nSPS) is 10.6. The molecule has 0 spiro atoms. The van der Waals surface area contributed by atoms with Gasteiger partial charge in [0.2, 0.25) is 0 Å². The number of nitro groups is 1.